The fourth-order valence-corrected chi connectivity index (χ4v) is 3.00. The summed E-state index contributed by atoms with van der Waals surface area (Å²) in [7, 11) is 0. The lowest BCUT2D eigenvalue weighted by molar-refractivity contribution is 0.186. The van der Waals surface area contributed by atoms with Gasteiger partial charge in [-0.1, -0.05) is 29.8 Å². The second-order valence-corrected chi connectivity index (χ2v) is 6.25. The first kappa shape index (κ1) is 17.5. The van der Waals surface area contributed by atoms with Gasteiger partial charge in [0.05, 0.1) is 25.3 Å². The first-order valence-electron chi connectivity index (χ1n) is 7.95. The fourth-order valence-electron chi connectivity index (χ4n) is 2.77. The minimum absolute atomic E-state index is 0.00345. The fraction of sp³-hybridized carbons (Fsp3) is 0.278. The Morgan fingerprint density at radius 2 is 2.20 bits per heavy atom. The van der Waals surface area contributed by atoms with Gasteiger partial charge in [0.15, 0.2) is 5.96 Å². The van der Waals surface area contributed by atoms with Crippen LogP contribution in [0.3, 0.4) is 0 Å². The molecule has 0 amide bonds. The number of nitrogens with two attached hydrogens (primary N) is 1. The number of para-hydroxylation sites is 1. The van der Waals surface area contributed by atoms with Gasteiger partial charge in [0.1, 0.15) is 11.6 Å². The number of nitrogens with one attached hydrogen (secondary N) is 1. The van der Waals surface area contributed by atoms with Crippen molar-refractivity contribution in [2.75, 3.05) is 13.2 Å². The highest BCUT2D eigenvalue weighted by Crippen LogP contribution is 2.31. The average Bonchev–Trinajstić information content (AvgIpc) is 2.59. The minimum Gasteiger partial charge on any atom is -0.493 e. The lowest BCUT2D eigenvalue weighted by atomic mass is 10.0. The molecule has 2 aromatic carbocycles. The van der Waals surface area contributed by atoms with Gasteiger partial charge in [-0.05, 0) is 29.8 Å². The topological polar surface area (TPSA) is 79.9 Å². The van der Waals surface area contributed by atoms with E-state index in [0.717, 1.165) is 17.7 Å². The van der Waals surface area contributed by atoms with Crippen molar-refractivity contribution in [2.45, 2.75) is 18.6 Å². The smallest absolute Gasteiger partial charge is 0.189 e. The molecule has 0 aromatic heterocycles. The number of aliphatic hydroxyl groups is 1. The van der Waals surface area contributed by atoms with Crippen LogP contribution >= 0.6 is 11.6 Å². The van der Waals surface area contributed by atoms with Crippen molar-refractivity contribution in [3.63, 3.8) is 0 Å². The number of benzene rings is 2. The number of ether oxygens (including phenoxy) is 1. The Kier molecular flexibility index (Phi) is 5.40. The zero-order chi connectivity index (χ0) is 17.8. The van der Waals surface area contributed by atoms with Gasteiger partial charge in [0.2, 0.25) is 0 Å². The zero-order valence-corrected chi connectivity index (χ0v) is 14.2. The summed E-state index contributed by atoms with van der Waals surface area (Å²) in [5, 5.41) is 13.5. The highest BCUT2D eigenvalue weighted by molar-refractivity contribution is 6.30. The third-order valence-corrected chi connectivity index (χ3v) is 4.20. The molecule has 0 saturated carbocycles. The van der Waals surface area contributed by atoms with Crippen LogP contribution < -0.4 is 15.8 Å². The molecule has 2 aromatic rings. The number of nitrogens with zero attached hydrogens (tertiary/aromatic N) is 1. The number of fused-ring (bicyclic) bond motifs is 1. The van der Waals surface area contributed by atoms with Gasteiger partial charge in [-0.15, -0.1) is 0 Å². The highest BCUT2D eigenvalue weighted by atomic mass is 35.5. The van der Waals surface area contributed by atoms with Crippen LogP contribution in [0.1, 0.15) is 29.7 Å². The Hall–Kier alpha value is -2.31. The van der Waals surface area contributed by atoms with Crippen molar-refractivity contribution in [3.8, 4) is 5.75 Å². The first-order chi connectivity index (χ1) is 12.0. The SMILES string of the molecule is NC(=NCC(O)c1cc(F)cc(Cl)c1)NC1CCOc2ccccc21. The van der Waals surface area contributed by atoms with Crippen LogP contribution in [-0.2, 0) is 0 Å². The van der Waals surface area contributed by atoms with Crippen molar-refractivity contribution in [3.05, 3.63) is 64.4 Å². The molecule has 0 aliphatic carbocycles. The molecule has 132 valence electrons. The number of aliphatic imine (C=N–C) groups is 1. The number of aliphatic hydroxyl groups excluding tert-OH is 1. The van der Waals surface area contributed by atoms with Crippen LogP contribution in [0.4, 0.5) is 4.39 Å². The van der Waals surface area contributed by atoms with Crippen LogP contribution in [0, 0.1) is 5.82 Å². The predicted molar refractivity (Wildman–Crippen MR) is 95.3 cm³/mol. The second-order valence-electron chi connectivity index (χ2n) is 5.82. The van der Waals surface area contributed by atoms with E-state index >= 15 is 0 Å². The second kappa shape index (κ2) is 7.72. The van der Waals surface area contributed by atoms with Crippen LogP contribution in [0.15, 0.2) is 47.5 Å². The first-order valence-corrected chi connectivity index (χ1v) is 8.33. The van der Waals surface area contributed by atoms with Crippen molar-refractivity contribution in [1.29, 1.82) is 0 Å². The number of halogens is 2. The highest BCUT2D eigenvalue weighted by Gasteiger charge is 2.21. The molecule has 0 fully saturated rings. The van der Waals surface area contributed by atoms with Crippen molar-refractivity contribution >= 4 is 17.6 Å². The molecular weight excluding hydrogens is 345 g/mol. The monoisotopic (exact) mass is 363 g/mol. The van der Waals surface area contributed by atoms with Crippen LogP contribution in [0.25, 0.3) is 0 Å². The van der Waals surface area contributed by atoms with E-state index in [0.29, 0.717) is 12.2 Å². The lowest BCUT2D eigenvalue weighted by Gasteiger charge is -2.27. The summed E-state index contributed by atoms with van der Waals surface area (Å²) in [6.07, 6.45) is -0.231. The molecule has 7 heteroatoms. The molecule has 2 unspecified atom stereocenters. The number of guanidine groups is 1. The molecule has 0 saturated heterocycles. The molecule has 0 bridgehead atoms. The number of hydrogen-bond acceptors (Lipinski definition) is 3. The summed E-state index contributed by atoms with van der Waals surface area (Å²) in [6, 6.07) is 11.6. The Bertz CT molecular complexity index is 764. The standard InChI is InChI=1S/C18H19ClFN3O2/c19-12-7-11(8-13(20)9-12)16(24)10-22-18(21)23-15-5-6-25-17-4-2-1-3-14(15)17/h1-4,7-9,15-16,24H,5-6,10H2,(H3,21,22,23). The van der Waals surface area contributed by atoms with Crippen molar-refractivity contribution < 1.29 is 14.2 Å². The summed E-state index contributed by atoms with van der Waals surface area (Å²) in [4.78, 5) is 4.15. The summed E-state index contributed by atoms with van der Waals surface area (Å²) < 4.78 is 19.0. The van der Waals surface area contributed by atoms with E-state index in [4.69, 9.17) is 22.1 Å². The average molecular weight is 364 g/mol. The molecule has 1 aliphatic rings. The molecule has 0 spiro atoms. The van der Waals surface area contributed by atoms with Gasteiger partial charge in [0.25, 0.3) is 0 Å². The van der Waals surface area contributed by atoms with E-state index in [1.807, 2.05) is 24.3 Å². The maximum absolute atomic E-state index is 13.4. The van der Waals surface area contributed by atoms with E-state index in [9.17, 15) is 9.50 Å². The van der Waals surface area contributed by atoms with Gasteiger partial charge >= 0.3 is 0 Å². The van der Waals surface area contributed by atoms with Crippen LogP contribution in [-0.4, -0.2) is 24.2 Å². The summed E-state index contributed by atoms with van der Waals surface area (Å²) in [6.45, 7) is 0.593. The molecule has 0 radical (unpaired) electrons. The molecule has 4 N–H and O–H groups in total. The zero-order valence-electron chi connectivity index (χ0n) is 13.5. The van der Waals surface area contributed by atoms with E-state index in [1.54, 1.807) is 0 Å². The lowest BCUT2D eigenvalue weighted by Crippen LogP contribution is -2.37. The van der Waals surface area contributed by atoms with E-state index < -0.39 is 11.9 Å². The summed E-state index contributed by atoms with van der Waals surface area (Å²) in [5.74, 6) is 0.534. The number of rotatable bonds is 4. The molecule has 1 heterocycles. The minimum atomic E-state index is -0.990. The molecule has 5 nitrogen and oxygen atoms in total. The van der Waals surface area contributed by atoms with E-state index in [1.165, 1.54) is 18.2 Å². The maximum Gasteiger partial charge on any atom is 0.189 e. The maximum atomic E-state index is 13.4. The Morgan fingerprint density at radius 1 is 1.40 bits per heavy atom. The molecule has 2 atom stereocenters. The van der Waals surface area contributed by atoms with Gasteiger partial charge in [-0.25, -0.2) is 4.39 Å². The normalized spacial score (nSPS) is 18.2. The van der Waals surface area contributed by atoms with Crippen LogP contribution in [0.5, 0.6) is 5.75 Å². The van der Waals surface area contributed by atoms with Gasteiger partial charge in [0, 0.05) is 17.0 Å². The van der Waals surface area contributed by atoms with Gasteiger partial charge < -0.3 is 20.9 Å². The van der Waals surface area contributed by atoms with Crippen molar-refractivity contribution in [2.24, 2.45) is 10.7 Å². The predicted octanol–water partition coefficient (Wildman–Crippen LogP) is 2.94. The molecule has 3 rings (SSSR count). The Labute approximate surface area is 150 Å². The summed E-state index contributed by atoms with van der Waals surface area (Å²) >= 11 is 5.80. The number of hydrogen-bond donors (Lipinski definition) is 3. The quantitative estimate of drug-likeness (QED) is 0.576. The molecular formula is C18H19ClFN3O2. The third kappa shape index (κ3) is 4.41. The Morgan fingerprint density at radius 3 is 3.00 bits per heavy atom. The molecule has 1 aliphatic heterocycles. The molecule has 25 heavy (non-hydrogen) atoms. The van der Waals surface area contributed by atoms with E-state index in [2.05, 4.69) is 10.3 Å². The van der Waals surface area contributed by atoms with E-state index in [-0.39, 0.29) is 23.6 Å². The largest absolute Gasteiger partial charge is 0.493 e. The van der Waals surface area contributed by atoms with Gasteiger partial charge in [-0.3, -0.25) is 4.99 Å². The Balaban J connectivity index is 1.64. The van der Waals surface area contributed by atoms with Crippen molar-refractivity contribution in [1.82, 2.24) is 5.32 Å². The van der Waals surface area contributed by atoms with Crippen LogP contribution in [0.2, 0.25) is 5.02 Å². The summed E-state index contributed by atoms with van der Waals surface area (Å²) in [5.41, 5.74) is 7.31. The van der Waals surface area contributed by atoms with Gasteiger partial charge in [-0.2, -0.15) is 0 Å². The third-order valence-electron chi connectivity index (χ3n) is 3.98.